The smallest absolute Gasteiger partial charge is 0.199 e. The molecule has 3 aromatic rings. The summed E-state index contributed by atoms with van der Waals surface area (Å²) in [5, 5.41) is 13.8. The van der Waals surface area contributed by atoms with Gasteiger partial charge in [0.15, 0.2) is 11.4 Å². The Labute approximate surface area is 109 Å². The molecule has 0 unspecified atom stereocenters. The lowest BCUT2D eigenvalue weighted by atomic mass is 10.0. The van der Waals surface area contributed by atoms with Gasteiger partial charge in [0.2, 0.25) is 0 Å². The number of carbonyl (C=O) groups is 1. The monoisotopic (exact) mass is 253 g/mol. The Morgan fingerprint density at radius 3 is 3.00 bits per heavy atom. The average molecular weight is 253 g/mol. The number of nitrogens with zero attached hydrogens (tertiary/aromatic N) is 3. The van der Waals surface area contributed by atoms with Gasteiger partial charge in [-0.25, -0.2) is 9.50 Å². The fourth-order valence-corrected chi connectivity index (χ4v) is 1.91. The van der Waals surface area contributed by atoms with Crippen LogP contribution in [0.5, 0.6) is 5.75 Å². The highest BCUT2D eigenvalue weighted by molar-refractivity contribution is 6.10. The Morgan fingerprint density at radius 1 is 1.32 bits per heavy atom. The third kappa shape index (κ3) is 1.95. The topological polar surface area (TPSA) is 67.5 Å². The van der Waals surface area contributed by atoms with Crippen LogP contribution in [0.2, 0.25) is 0 Å². The van der Waals surface area contributed by atoms with Gasteiger partial charge in [-0.2, -0.15) is 5.10 Å². The van der Waals surface area contributed by atoms with Gasteiger partial charge in [0.1, 0.15) is 5.75 Å². The normalized spacial score (nSPS) is 10.8. The highest BCUT2D eigenvalue weighted by atomic mass is 16.3. The number of ketones is 1. The summed E-state index contributed by atoms with van der Waals surface area (Å²) in [4.78, 5) is 16.5. The number of carbonyl (C=O) groups excluding carboxylic acids is 1. The molecule has 0 radical (unpaired) electrons. The number of aromatic hydroxyl groups is 1. The zero-order valence-electron chi connectivity index (χ0n) is 10.2. The number of phenols is 1. The van der Waals surface area contributed by atoms with Gasteiger partial charge in [-0.05, 0) is 19.1 Å². The van der Waals surface area contributed by atoms with E-state index in [2.05, 4.69) is 10.1 Å². The molecule has 0 saturated heterocycles. The van der Waals surface area contributed by atoms with E-state index in [9.17, 15) is 9.90 Å². The maximum atomic E-state index is 12.3. The van der Waals surface area contributed by atoms with Gasteiger partial charge in [-0.1, -0.05) is 11.6 Å². The first kappa shape index (κ1) is 11.4. The number of hydrogen-bond donors (Lipinski definition) is 1. The van der Waals surface area contributed by atoms with E-state index in [4.69, 9.17) is 0 Å². The summed E-state index contributed by atoms with van der Waals surface area (Å²) < 4.78 is 1.53. The second kappa shape index (κ2) is 4.20. The van der Waals surface area contributed by atoms with E-state index in [1.165, 1.54) is 16.8 Å². The number of hydrogen-bond acceptors (Lipinski definition) is 4. The molecule has 5 heteroatoms. The lowest BCUT2D eigenvalue weighted by Gasteiger charge is -2.05. The van der Waals surface area contributed by atoms with Crippen molar-refractivity contribution in [3.8, 4) is 5.75 Å². The minimum Gasteiger partial charge on any atom is -0.507 e. The van der Waals surface area contributed by atoms with Crippen molar-refractivity contribution in [2.24, 2.45) is 0 Å². The Balaban J connectivity index is 2.09. The van der Waals surface area contributed by atoms with Crippen molar-refractivity contribution >= 4 is 11.4 Å². The van der Waals surface area contributed by atoms with Crippen LogP contribution in [0, 0.1) is 6.92 Å². The average Bonchev–Trinajstić information content (AvgIpc) is 2.88. The summed E-state index contributed by atoms with van der Waals surface area (Å²) in [6, 6.07) is 6.67. The SMILES string of the molecule is Cc1ccc(O)c(C(=O)c2cnc3ccnn3c2)c1. The van der Waals surface area contributed by atoms with Gasteiger partial charge in [-0.3, -0.25) is 4.79 Å². The summed E-state index contributed by atoms with van der Waals surface area (Å²) in [6.07, 6.45) is 4.70. The van der Waals surface area contributed by atoms with Gasteiger partial charge in [0.05, 0.1) is 17.3 Å². The molecule has 5 nitrogen and oxygen atoms in total. The van der Waals surface area contributed by atoms with E-state index in [1.54, 1.807) is 30.6 Å². The summed E-state index contributed by atoms with van der Waals surface area (Å²) in [7, 11) is 0. The molecule has 0 bridgehead atoms. The van der Waals surface area contributed by atoms with Crippen molar-refractivity contribution in [2.75, 3.05) is 0 Å². The van der Waals surface area contributed by atoms with Crippen molar-refractivity contribution in [1.82, 2.24) is 14.6 Å². The zero-order valence-corrected chi connectivity index (χ0v) is 10.2. The molecule has 19 heavy (non-hydrogen) atoms. The molecule has 1 N–H and O–H groups in total. The lowest BCUT2D eigenvalue weighted by Crippen LogP contribution is -2.05. The van der Waals surface area contributed by atoms with E-state index in [-0.39, 0.29) is 17.1 Å². The van der Waals surface area contributed by atoms with Gasteiger partial charge in [-0.15, -0.1) is 0 Å². The van der Waals surface area contributed by atoms with Crippen LogP contribution in [0.4, 0.5) is 0 Å². The Kier molecular flexibility index (Phi) is 2.52. The maximum Gasteiger partial charge on any atom is 0.199 e. The maximum absolute atomic E-state index is 12.3. The van der Waals surface area contributed by atoms with Crippen LogP contribution in [0.3, 0.4) is 0 Å². The number of aromatic nitrogens is 3. The molecule has 2 aromatic heterocycles. The van der Waals surface area contributed by atoms with Gasteiger partial charge >= 0.3 is 0 Å². The highest BCUT2D eigenvalue weighted by Gasteiger charge is 2.15. The highest BCUT2D eigenvalue weighted by Crippen LogP contribution is 2.21. The first-order valence-corrected chi connectivity index (χ1v) is 5.79. The number of aryl methyl sites for hydroxylation is 1. The van der Waals surface area contributed by atoms with E-state index in [0.717, 1.165) is 5.56 Å². The molecule has 0 atom stereocenters. The largest absolute Gasteiger partial charge is 0.507 e. The zero-order chi connectivity index (χ0) is 13.4. The van der Waals surface area contributed by atoms with Crippen molar-refractivity contribution in [3.05, 3.63) is 59.5 Å². The van der Waals surface area contributed by atoms with Gasteiger partial charge in [0, 0.05) is 18.5 Å². The molecular weight excluding hydrogens is 242 g/mol. The van der Waals surface area contributed by atoms with Crippen molar-refractivity contribution in [1.29, 1.82) is 0 Å². The standard InChI is InChI=1S/C14H11N3O2/c1-9-2-3-12(18)11(6-9)14(19)10-7-15-13-4-5-16-17(13)8-10/h2-8,18H,1H3. The summed E-state index contributed by atoms with van der Waals surface area (Å²) in [6.45, 7) is 1.87. The summed E-state index contributed by atoms with van der Waals surface area (Å²) in [5.41, 5.74) is 2.24. The Morgan fingerprint density at radius 2 is 2.16 bits per heavy atom. The molecule has 0 fully saturated rings. The van der Waals surface area contributed by atoms with E-state index < -0.39 is 0 Å². The van der Waals surface area contributed by atoms with Crippen molar-refractivity contribution in [3.63, 3.8) is 0 Å². The molecule has 0 spiro atoms. The molecule has 0 aliphatic heterocycles. The Bertz CT molecular complexity index is 777. The second-order valence-electron chi connectivity index (χ2n) is 4.33. The minimum absolute atomic E-state index is 0.0313. The number of fused-ring (bicyclic) bond motifs is 1. The van der Waals surface area contributed by atoms with E-state index in [1.807, 2.05) is 6.92 Å². The minimum atomic E-state index is -0.272. The second-order valence-corrected chi connectivity index (χ2v) is 4.33. The van der Waals surface area contributed by atoms with Crippen molar-refractivity contribution < 1.29 is 9.90 Å². The first-order valence-electron chi connectivity index (χ1n) is 5.79. The van der Waals surface area contributed by atoms with E-state index in [0.29, 0.717) is 11.2 Å². The lowest BCUT2D eigenvalue weighted by molar-refractivity contribution is 0.103. The summed E-state index contributed by atoms with van der Waals surface area (Å²) >= 11 is 0. The molecule has 1 aromatic carbocycles. The van der Waals surface area contributed by atoms with Crippen LogP contribution >= 0.6 is 0 Å². The van der Waals surface area contributed by atoms with Gasteiger partial charge in [0.25, 0.3) is 0 Å². The van der Waals surface area contributed by atoms with Crippen LogP contribution in [0.15, 0.2) is 42.9 Å². The third-order valence-corrected chi connectivity index (χ3v) is 2.91. The van der Waals surface area contributed by atoms with Crippen molar-refractivity contribution in [2.45, 2.75) is 6.92 Å². The number of phenolic OH excluding ortho intramolecular Hbond substituents is 1. The van der Waals surface area contributed by atoms with Crippen LogP contribution in [0.25, 0.3) is 5.65 Å². The molecule has 3 rings (SSSR count). The van der Waals surface area contributed by atoms with Crippen LogP contribution < -0.4 is 0 Å². The van der Waals surface area contributed by atoms with Crippen LogP contribution in [-0.4, -0.2) is 25.5 Å². The first-order chi connectivity index (χ1) is 9.15. The summed E-state index contributed by atoms with van der Waals surface area (Å²) in [5.74, 6) is -0.303. The molecule has 2 heterocycles. The fraction of sp³-hybridized carbons (Fsp3) is 0.0714. The predicted molar refractivity (Wildman–Crippen MR) is 69.3 cm³/mol. The molecule has 0 aliphatic carbocycles. The molecule has 94 valence electrons. The predicted octanol–water partition coefficient (Wildman–Crippen LogP) is 1.97. The number of benzene rings is 1. The van der Waals surface area contributed by atoms with Crippen LogP contribution in [-0.2, 0) is 0 Å². The van der Waals surface area contributed by atoms with Gasteiger partial charge < -0.3 is 5.11 Å². The third-order valence-electron chi connectivity index (χ3n) is 2.91. The fourth-order valence-electron chi connectivity index (χ4n) is 1.91. The quantitative estimate of drug-likeness (QED) is 0.709. The molecule has 0 aliphatic rings. The molecule has 0 amide bonds. The molecule has 0 saturated carbocycles. The number of rotatable bonds is 2. The Hall–Kier alpha value is -2.69. The van der Waals surface area contributed by atoms with Crippen LogP contribution in [0.1, 0.15) is 21.5 Å². The molecular formula is C14H11N3O2. The van der Waals surface area contributed by atoms with E-state index >= 15 is 0 Å².